The van der Waals surface area contributed by atoms with Gasteiger partial charge in [0.05, 0.1) is 0 Å². The Bertz CT molecular complexity index is 331. The Hall–Kier alpha value is -1.20. The lowest BCUT2D eigenvalue weighted by Crippen LogP contribution is -2.40. The third-order valence-electron chi connectivity index (χ3n) is 3.53. The summed E-state index contributed by atoms with van der Waals surface area (Å²) >= 11 is 0. The maximum Gasteiger partial charge on any atom is 0.225 e. The molecule has 0 unspecified atom stereocenters. The summed E-state index contributed by atoms with van der Waals surface area (Å²) in [6, 6.07) is 1.85. The number of anilines is 1. The highest BCUT2D eigenvalue weighted by molar-refractivity contribution is 5.28. The fraction of sp³-hybridized carbons (Fsp3) is 0.714. The summed E-state index contributed by atoms with van der Waals surface area (Å²) in [6.07, 6.45) is 7.51. The number of nitrogens with one attached hydrogen (secondary N) is 1. The molecule has 0 atom stereocenters. The zero-order valence-corrected chi connectivity index (χ0v) is 11.9. The molecule has 0 saturated carbocycles. The first-order valence-electron chi connectivity index (χ1n) is 7.27. The Morgan fingerprint density at radius 3 is 2.11 bits per heavy atom. The molecule has 2 aliphatic rings. The summed E-state index contributed by atoms with van der Waals surface area (Å²) < 4.78 is 0. The smallest absolute Gasteiger partial charge is 0.225 e. The van der Waals surface area contributed by atoms with Crippen molar-refractivity contribution in [3.8, 4) is 0 Å². The second-order valence-electron chi connectivity index (χ2n) is 5.15. The van der Waals surface area contributed by atoms with E-state index >= 15 is 0 Å². The van der Waals surface area contributed by atoms with Crippen molar-refractivity contribution in [2.24, 2.45) is 0 Å². The van der Waals surface area contributed by atoms with Crippen LogP contribution >= 0.6 is 0 Å². The Kier molecular flexibility index (Phi) is 6.04. The van der Waals surface area contributed by atoms with E-state index in [-0.39, 0.29) is 0 Å². The van der Waals surface area contributed by atoms with Crippen LogP contribution in [0.2, 0.25) is 0 Å². The van der Waals surface area contributed by atoms with Gasteiger partial charge in [-0.15, -0.1) is 0 Å². The molecule has 0 radical (unpaired) electrons. The Labute approximate surface area is 116 Å². The summed E-state index contributed by atoms with van der Waals surface area (Å²) in [5, 5.41) is 3.27. The first-order valence-corrected chi connectivity index (χ1v) is 7.27. The molecule has 2 saturated heterocycles. The monoisotopic (exact) mass is 263 g/mol. The first-order chi connectivity index (χ1) is 9.36. The van der Waals surface area contributed by atoms with E-state index in [1.165, 1.54) is 32.4 Å². The van der Waals surface area contributed by atoms with E-state index in [0.717, 1.165) is 32.1 Å². The SMILES string of the molecule is CN1CCNCC1.c1cnc(N2CCCCC2)nc1. The summed E-state index contributed by atoms with van der Waals surface area (Å²) in [4.78, 5) is 13.0. The van der Waals surface area contributed by atoms with Gasteiger partial charge in [-0.3, -0.25) is 0 Å². The predicted octanol–water partition coefficient (Wildman–Crippen LogP) is 0.988. The molecular weight excluding hydrogens is 238 g/mol. The van der Waals surface area contributed by atoms with Crippen LogP contribution in [-0.2, 0) is 0 Å². The zero-order valence-electron chi connectivity index (χ0n) is 11.9. The molecule has 3 heterocycles. The van der Waals surface area contributed by atoms with Crippen LogP contribution in [-0.4, -0.2) is 61.2 Å². The van der Waals surface area contributed by atoms with Crippen molar-refractivity contribution in [1.29, 1.82) is 0 Å². The quantitative estimate of drug-likeness (QED) is 0.818. The van der Waals surface area contributed by atoms with Gasteiger partial charge < -0.3 is 15.1 Å². The maximum absolute atomic E-state index is 4.22. The van der Waals surface area contributed by atoms with Gasteiger partial charge in [-0.05, 0) is 32.4 Å². The van der Waals surface area contributed by atoms with E-state index in [1.54, 1.807) is 12.4 Å². The van der Waals surface area contributed by atoms with Gasteiger partial charge in [-0.2, -0.15) is 0 Å². The summed E-state index contributed by atoms with van der Waals surface area (Å²) in [7, 11) is 2.15. The molecule has 1 N–H and O–H groups in total. The van der Waals surface area contributed by atoms with Crippen molar-refractivity contribution in [2.75, 3.05) is 51.2 Å². The number of piperidine rings is 1. The lowest BCUT2D eigenvalue weighted by molar-refractivity contribution is 0.291. The van der Waals surface area contributed by atoms with Gasteiger partial charge in [0.25, 0.3) is 0 Å². The van der Waals surface area contributed by atoms with Crippen molar-refractivity contribution in [3.05, 3.63) is 18.5 Å². The molecule has 0 amide bonds. The van der Waals surface area contributed by atoms with Crippen LogP contribution in [0.4, 0.5) is 5.95 Å². The lowest BCUT2D eigenvalue weighted by Gasteiger charge is -2.26. The summed E-state index contributed by atoms with van der Waals surface area (Å²) in [6.45, 7) is 6.97. The number of hydrogen-bond donors (Lipinski definition) is 1. The molecule has 5 heteroatoms. The van der Waals surface area contributed by atoms with Gasteiger partial charge in [0, 0.05) is 51.7 Å². The number of aromatic nitrogens is 2. The molecule has 0 bridgehead atoms. The van der Waals surface area contributed by atoms with E-state index < -0.39 is 0 Å². The maximum atomic E-state index is 4.22. The van der Waals surface area contributed by atoms with Crippen molar-refractivity contribution in [3.63, 3.8) is 0 Å². The van der Waals surface area contributed by atoms with Gasteiger partial charge in [-0.25, -0.2) is 9.97 Å². The molecule has 5 nitrogen and oxygen atoms in total. The van der Waals surface area contributed by atoms with E-state index in [0.29, 0.717) is 0 Å². The van der Waals surface area contributed by atoms with Crippen molar-refractivity contribution in [1.82, 2.24) is 20.2 Å². The number of nitrogens with zero attached hydrogens (tertiary/aromatic N) is 4. The van der Waals surface area contributed by atoms with Crippen molar-refractivity contribution < 1.29 is 0 Å². The molecule has 3 rings (SSSR count). The van der Waals surface area contributed by atoms with Gasteiger partial charge in [0.15, 0.2) is 0 Å². The third kappa shape index (κ3) is 5.12. The van der Waals surface area contributed by atoms with Crippen LogP contribution in [0.1, 0.15) is 19.3 Å². The third-order valence-corrected chi connectivity index (χ3v) is 3.53. The van der Waals surface area contributed by atoms with Crippen LogP contribution in [0, 0.1) is 0 Å². The molecule has 2 fully saturated rings. The minimum Gasteiger partial charge on any atom is -0.341 e. The number of rotatable bonds is 1. The minimum atomic E-state index is 0.886. The lowest BCUT2D eigenvalue weighted by atomic mass is 10.1. The first kappa shape index (κ1) is 14.2. The largest absolute Gasteiger partial charge is 0.341 e. The van der Waals surface area contributed by atoms with Gasteiger partial charge in [0.2, 0.25) is 5.95 Å². The van der Waals surface area contributed by atoms with Crippen LogP contribution in [0.3, 0.4) is 0 Å². The second-order valence-corrected chi connectivity index (χ2v) is 5.15. The zero-order chi connectivity index (χ0) is 13.3. The highest BCUT2D eigenvalue weighted by atomic mass is 15.2. The van der Waals surface area contributed by atoms with Gasteiger partial charge >= 0.3 is 0 Å². The molecule has 0 aliphatic carbocycles. The molecule has 0 aromatic carbocycles. The van der Waals surface area contributed by atoms with Crippen LogP contribution in [0.15, 0.2) is 18.5 Å². The average Bonchev–Trinajstić information content (AvgIpc) is 2.51. The standard InChI is InChI=1S/C9H13N3.C5H12N2/c1-2-7-12(8-3-1)9-10-5-4-6-11-9;1-7-4-2-6-3-5-7/h4-6H,1-3,7-8H2;6H,2-5H2,1H3. The van der Waals surface area contributed by atoms with E-state index in [2.05, 4.69) is 32.1 Å². The molecule has 19 heavy (non-hydrogen) atoms. The van der Waals surface area contributed by atoms with E-state index in [9.17, 15) is 0 Å². The number of hydrogen-bond acceptors (Lipinski definition) is 5. The molecule has 1 aromatic rings. The number of piperazine rings is 1. The topological polar surface area (TPSA) is 44.3 Å². The normalized spacial score (nSPS) is 20.6. The highest BCUT2D eigenvalue weighted by Gasteiger charge is 2.11. The van der Waals surface area contributed by atoms with E-state index in [4.69, 9.17) is 0 Å². The Morgan fingerprint density at radius 1 is 0.947 bits per heavy atom. The fourth-order valence-corrected chi connectivity index (χ4v) is 2.33. The van der Waals surface area contributed by atoms with Crippen molar-refractivity contribution >= 4 is 5.95 Å². The molecule has 2 aliphatic heterocycles. The summed E-state index contributed by atoms with van der Waals surface area (Å²) in [5.41, 5.74) is 0. The molecule has 0 spiro atoms. The number of likely N-dealkylation sites (N-methyl/N-ethyl adjacent to an activating group) is 1. The minimum absolute atomic E-state index is 0.886. The molecule has 1 aromatic heterocycles. The van der Waals surface area contributed by atoms with Gasteiger partial charge in [0.1, 0.15) is 0 Å². The van der Waals surface area contributed by atoms with Crippen LogP contribution in [0.5, 0.6) is 0 Å². The van der Waals surface area contributed by atoms with Gasteiger partial charge in [-0.1, -0.05) is 0 Å². The second kappa shape index (κ2) is 8.07. The van der Waals surface area contributed by atoms with E-state index in [1.807, 2.05) is 6.07 Å². The Balaban J connectivity index is 0.000000163. The summed E-state index contributed by atoms with van der Waals surface area (Å²) in [5.74, 6) is 0.886. The average molecular weight is 263 g/mol. The predicted molar refractivity (Wildman–Crippen MR) is 78.5 cm³/mol. The van der Waals surface area contributed by atoms with Crippen molar-refractivity contribution in [2.45, 2.75) is 19.3 Å². The molecule has 106 valence electrons. The Morgan fingerprint density at radius 2 is 1.58 bits per heavy atom. The van der Waals surface area contributed by atoms with Crippen LogP contribution < -0.4 is 10.2 Å². The highest BCUT2D eigenvalue weighted by Crippen LogP contribution is 2.13. The molecular formula is C14H25N5. The fourth-order valence-electron chi connectivity index (χ4n) is 2.33. The van der Waals surface area contributed by atoms with Crippen LogP contribution in [0.25, 0.3) is 0 Å².